The second-order valence-electron chi connectivity index (χ2n) is 6.43. The minimum atomic E-state index is -1.12. The van der Waals surface area contributed by atoms with Gasteiger partial charge >= 0.3 is 0 Å². The Labute approximate surface area is 139 Å². The molecule has 1 aromatic rings. The average molecular weight is 319 g/mol. The first-order valence-corrected chi connectivity index (χ1v) is 8.19. The van der Waals surface area contributed by atoms with Crippen LogP contribution in [0.2, 0.25) is 0 Å². The molecule has 2 N–H and O–H groups in total. The van der Waals surface area contributed by atoms with Gasteiger partial charge in [-0.3, -0.25) is 9.59 Å². The Kier molecular flexibility index (Phi) is 6.61. The molecule has 0 unspecified atom stereocenters. The highest BCUT2D eigenvalue weighted by Gasteiger charge is 2.36. The van der Waals surface area contributed by atoms with Gasteiger partial charge in [-0.15, -0.1) is 0 Å². The first-order valence-electron chi connectivity index (χ1n) is 8.19. The molecule has 0 heterocycles. The van der Waals surface area contributed by atoms with Crippen LogP contribution in [-0.2, 0) is 9.59 Å². The molecule has 5 heteroatoms. The van der Waals surface area contributed by atoms with Crippen molar-refractivity contribution in [3.05, 3.63) is 24.3 Å². The first kappa shape index (κ1) is 19.0. The molecule has 23 heavy (non-hydrogen) atoms. The van der Waals surface area contributed by atoms with Crippen molar-refractivity contribution in [2.24, 2.45) is 5.41 Å². The van der Waals surface area contributed by atoms with E-state index in [9.17, 15) is 9.59 Å². The lowest BCUT2D eigenvalue weighted by Gasteiger charge is -2.24. The van der Waals surface area contributed by atoms with Gasteiger partial charge in [0.2, 0.25) is 11.8 Å². The molecule has 0 spiro atoms. The van der Waals surface area contributed by atoms with Crippen LogP contribution in [0.1, 0.15) is 41.5 Å². The van der Waals surface area contributed by atoms with Gasteiger partial charge in [0.25, 0.3) is 0 Å². The van der Waals surface area contributed by atoms with E-state index in [2.05, 4.69) is 29.4 Å². The summed E-state index contributed by atoms with van der Waals surface area (Å²) in [5.74, 6) is -0.587. The highest BCUT2D eigenvalue weighted by molar-refractivity contribution is 6.09. The molecule has 0 atom stereocenters. The number of nitrogens with one attached hydrogen (secondary N) is 2. The van der Waals surface area contributed by atoms with Gasteiger partial charge in [-0.2, -0.15) is 0 Å². The van der Waals surface area contributed by atoms with Gasteiger partial charge in [0, 0.05) is 30.5 Å². The molecular formula is C18H29N3O2. The summed E-state index contributed by atoms with van der Waals surface area (Å²) in [6, 6.07) is 7.68. The van der Waals surface area contributed by atoms with Crippen molar-refractivity contribution >= 4 is 23.2 Å². The van der Waals surface area contributed by atoms with Gasteiger partial charge in [-0.1, -0.05) is 0 Å². The van der Waals surface area contributed by atoms with E-state index in [1.54, 1.807) is 13.8 Å². The summed E-state index contributed by atoms with van der Waals surface area (Å²) >= 11 is 0. The van der Waals surface area contributed by atoms with Crippen LogP contribution in [0.15, 0.2) is 24.3 Å². The van der Waals surface area contributed by atoms with Crippen molar-refractivity contribution in [3.8, 4) is 0 Å². The van der Waals surface area contributed by atoms with Crippen LogP contribution < -0.4 is 15.5 Å². The van der Waals surface area contributed by atoms with E-state index in [1.807, 2.05) is 38.1 Å². The molecule has 0 aliphatic rings. The summed E-state index contributed by atoms with van der Waals surface area (Å²) in [7, 11) is 0. The molecule has 128 valence electrons. The molecule has 0 fully saturated rings. The maximum atomic E-state index is 12.4. The topological polar surface area (TPSA) is 61.4 Å². The minimum absolute atomic E-state index is 0.00271. The number of rotatable bonds is 7. The van der Waals surface area contributed by atoms with E-state index < -0.39 is 5.41 Å². The summed E-state index contributed by atoms with van der Waals surface area (Å²) in [6.45, 7) is 13.1. The quantitative estimate of drug-likeness (QED) is 0.759. The summed E-state index contributed by atoms with van der Waals surface area (Å²) in [6.07, 6.45) is 0. The summed E-state index contributed by atoms with van der Waals surface area (Å²) in [5.41, 5.74) is 0.683. The maximum Gasteiger partial charge on any atom is 0.239 e. The zero-order valence-corrected chi connectivity index (χ0v) is 15.1. The Morgan fingerprint density at radius 3 is 2.00 bits per heavy atom. The zero-order valence-electron chi connectivity index (χ0n) is 15.1. The van der Waals surface area contributed by atoms with Crippen LogP contribution >= 0.6 is 0 Å². The largest absolute Gasteiger partial charge is 0.372 e. The Balaban J connectivity index is 2.79. The third-order valence-corrected chi connectivity index (χ3v) is 3.81. The van der Waals surface area contributed by atoms with E-state index in [-0.39, 0.29) is 17.9 Å². The van der Waals surface area contributed by atoms with Crippen molar-refractivity contribution in [3.63, 3.8) is 0 Å². The second kappa shape index (κ2) is 7.99. The fourth-order valence-corrected chi connectivity index (χ4v) is 2.18. The number of hydrogen-bond donors (Lipinski definition) is 2. The van der Waals surface area contributed by atoms with E-state index in [0.29, 0.717) is 5.69 Å². The first-order chi connectivity index (χ1) is 10.7. The molecule has 0 aromatic heterocycles. The SMILES string of the molecule is CCN(CC)c1ccc(NC(=O)C(C)(C)C(=O)NC(C)C)cc1. The summed E-state index contributed by atoms with van der Waals surface area (Å²) in [5, 5.41) is 5.60. The van der Waals surface area contributed by atoms with Crippen LogP contribution in [0.25, 0.3) is 0 Å². The standard InChI is InChI=1S/C18H29N3O2/c1-7-21(8-2)15-11-9-14(10-12-15)20-17(23)18(5,6)16(22)19-13(3)4/h9-13H,7-8H2,1-6H3,(H,19,22)(H,20,23). The average Bonchev–Trinajstić information content (AvgIpc) is 2.49. The van der Waals surface area contributed by atoms with Crippen molar-refractivity contribution in [1.29, 1.82) is 0 Å². The predicted octanol–water partition coefficient (Wildman–Crippen LogP) is 3.02. The van der Waals surface area contributed by atoms with Crippen molar-refractivity contribution < 1.29 is 9.59 Å². The molecular weight excluding hydrogens is 290 g/mol. The second-order valence-corrected chi connectivity index (χ2v) is 6.43. The van der Waals surface area contributed by atoms with Gasteiger partial charge in [0.15, 0.2) is 0 Å². The van der Waals surface area contributed by atoms with Crippen LogP contribution in [0.3, 0.4) is 0 Å². The van der Waals surface area contributed by atoms with Gasteiger partial charge in [-0.05, 0) is 65.8 Å². The Hall–Kier alpha value is -2.04. The van der Waals surface area contributed by atoms with E-state index in [1.165, 1.54) is 0 Å². The lowest BCUT2D eigenvalue weighted by Crippen LogP contribution is -2.47. The van der Waals surface area contributed by atoms with Crippen LogP contribution in [0, 0.1) is 5.41 Å². The molecule has 0 aliphatic carbocycles. The minimum Gasteiger partial charge on any atom is -0.372 e. The van der Waals surface area contributed by atoms with Crippen molar-refractivity contribution in [2.45, 2.75) is 47.6 Å². The molecule has 0 bridgehead atoms. The molecule has 2 amide bonds. The monoisotopic (exact) mass is 319 g/mol. The number of amides is 2. The highest BCUT2D eigenvalue weighted by atomic mass is 16.2. The Morgan fingerprint density at radius 2 is 1.57 bits per heavy atom. The Morgan fingerprint density at radius 1 is 1.04 bits per heavy atom. The molecule has 1 rings (SSSR count). The summed E-state index contributed by atoms with van der Waals surface area (Å²) < 4.78 is 0. The Bertz CT molecular complexity index is 532. The van der Waals surface area contributed by atoms with Gasteiger partial charge in [-0.25, -0.2) is 0 Å². The van der Waals surface area contributed by atoms with Gasteiger partial charge in [0.1, 0.15) is 5.41 Å². The summed E-state index contributed by atoms with van der Waals surface area (Å²) in [4.78, 5) is 26.8. The number of carbonyl (C=O) groups is 2. The van der Waals surface area contributed by atoms with Gasteiger partial charge < -0.3 is 15.5 Å². The molecule has 0 saturated carbocycles. The van der Waals surface area contributed by atoms with Crippen molar-refractivity contribution in [2.75, 3.05) is 23.3 Å². The lowest BCUT2D eigenvalue weighted by molar-refractivity contribution is -0.138. The van der Waals surface area contributed by atoms with Crippen LogP contribution in [0.4, 0.5) is 11.4 Å². The maximum absolute atomic E-state index is 12.4. The van der Waals surface area contributed by atoms with Crippen molar-refractivity contribution in [1.82, 2.24) is 5.32 Å². The predicted molar refractivity (Wildman–Crippen MR) is 95.7 cm³/mol. The number of hydrogen-bond acceptors (Lipinski definition) is 3. The number of benzene rings is 1. The molecule has 0 aliphatic heterocycles. The van der Waals surface area contributed by atoms with E-state index in [4.69, 9.17) is 0 Å². The lowest BCUT2D eigenvalue weighted by atomic mass is 9.90. The molecule has 5 nitrogen and oxygen atoms in total. The van der Waals surface area contributed by atoms with E-state index >= 15 is 0 Å². The van der Waals surface area contributed by atoms with Crippen LogP contribution in [0.5, 0.6) is 0 Å². The fourth-order valence-electron chi connectivity index (χ4n) is 2.18. The number of nitrogens with zero attached hydrogens (tertiary/aromatic N) is 1. The van der Waals surface area contributed by atoms with Crippen LogP contribution in [-0.4, -0.2) is 30.9 Å². The fraction of sp³-hybridized carbons (Fsp3) is 0.556. The van der Waals surface area contributed by atoms with Gasteiger partial charge in [0.05, 0.1) is 0 Å². The molecule has 1 aromatic carbocycles. The van der Waals surface area contributed by atoms with E-state index in [0.717, 1.165) is 18.8 Å². The third-order valence-electron chi connectivity index (χ3n) is 3.81. The highest BCUT2D eigenvalue weighted by Crippen LogP contribution is 2.22. The normalized spacial score (nSPS) is 11.3. The third kappa shape index (κ3) is 4.98. The molecule has 0 saturated heterocycles. The number of carbonyl (C=O) groups excluding carboxylic acids is 2. The smallest absolute Gasteiger partial charge is 0.239 e. The zero-order chi connectivity index (χ0) is 17.6. The molecule has 0 radical (unpaired) electrons. The number of anilines is 2.